The van der Waals surface area contributed by atoms with E-state index in [9.17, 15) is 0 Å². The smallest absolute Gasteiger partial charge is 0.333 e. The third-order valence-corrected chi connectivity index (χ3v) is 16.7. The molecular formula is C75H62BN3O. The monoisotopic (exact) mass is 1030 g/mol. The Hall–Kier alpha value is -9.32. The lowest BCUT2D eigenvalue weighted by atomic mass is 9.43. The summed E-state index contributed by atoms with van der Waals surface area (Å²) >= 11 is 0. The molecule has 5 heteroatoms. The highest BCUT2D eigenvalue weighted by molar-refractivity contribution is 6.94. The summed E-state index contributed by atoms with van der Waals surface area (Å²) in [6, 6.07) is 92.1. The maximum Gasteiger partial charge on any atom is 0.333 e. The first kappa shape index (κ1) is 49.0. The molecule has 0 saturated heterocycles. The van der Waals surface area contributed by atoms with Crippen molar-refractivity contribution in [3.05, 3.63) is 265 Å². The molecule has 0 unspecified atom stereocenters. The van der Waals surface area contributed by atoms with Gasteiger partial charge in [-0.05, 0) is 157 Å². The summed E-state index contributed by atoms with van der Waals surface area (Å²) in [5, 5.41) is 2.25. The quantitative estimate of drug-likeness (QED) is 0.142. The van der Waals surface area contributed by atoms with E-state index in [0.29, 0.717) is 0 Å². The molecule has 0 saturated carbocycles. The van der Waals surface area contributed by atoms with Crippen LogP contribution in [0.15, 0.2) is 253 Å². The van der Waals surface area contributed by atoms with Crippen LogP contribution in [0, 0.1) is 6.92 Å². The Balaban J connectivity index is 1.08. The van der Waals surface area contributed by atoms with Crippen LogP contribution in [-0.4, -0.2) is 6.85 Å². The van der Waals surface area contributed by atoms with E-state index >= 15 is 0 Å². The van der Waals surface area contributed by atoms with Gasteiger partial charge in [0.25, 0.3) is 0 Å². The first-order valence-electron chi connectivity index (χ1n) is 28.1. The highest BCUT2D eigenvalue weighted by atomic mass is 16.3. The van der Waals surface area contributed by atoms with Crippen LogP contribution in [0.3, 0.4) is 0 Å². The highest BCUT2D eigenvalue weighted by Crippen LogP contribution is 2.53. The second-order valence-electron chi connectivity index (χ2n) is 23.8. The fourth-order valence-corrected chi connectivity index (χ4v) is 12.5. The Kier molecular flexibility index (Phi) is 11.6. The summed E-state index contributed by atoms with van der Waals surface area (Å²) in [5.41, 5.74) is 26.2. The van der Waals surface area contributed by atoms with Crippen molar-refractivity contribution < 1.29 is 4.42 Å². The molecule has 0 N–H and O–H groups in total. The van der Waals surface area contributed by atoms with E-state index in [-0.39, 0.29) is 17.7 Å². The number of nitrogens with zero attached hydrogens (tertiary/aromatic N) is 3. The molecule has 0 atom stereocenters. The lowest BCUT2D eigenvalue weighted by Gasteiger charge is -2.46. The zero-order valence-corrected chi connectivity index (χ0v) is 46.5. The molecular weight excluding hydrogens is 970 g/mol. The van der Waals surface area contributed by atoms with Crippen molar-refractivity contribution in [3.63, 3.8) is 0 Å². The maximum absolute atomic E-state index is 7.07. The molecule has 2 aliphatic heterocycles. The van der Waals surface area contributed by atoms with Crippen LogP contribution in [0.4, 0.5) is 45.5 Å². The van der Waals surface area contributed by atoms with Gasteiger partial charge in [0.2, 0.25) is 0 Å². The van der Waals surface area contributed by atoms with E-state index in [1.165, 1.54) is 66.6 Å². The predicted octanol–water partition coefficient (Wildman–Crippen LogP) is 19.7. The first-order valence-corrected chi connectivity index (χ1v) is 28.1. The lowest BCUT2D eigenvalue weighted by Crippen LogP contribution is -2.61. The van der Waals surface area contributed by atoms with Crippen molar-refractivity contribution in [3.8, 4) is 44.5 Å². The predicted molar refractivity (Wildman–Crippen MR) is 341 cm³/mol. The standard InChI is InChI=1S/C75H62BN3O/c1-49-45-54(51-21-13-9-14-22-51)30-44-65(49)78-67-47-61(77(58-37-31-56(32-38-58)74(2,3)4)59-39-33-57(34-40-59)75(5,6)7)41-43-64(67)76-73-68(78)48-70-71(63-25-17-18-26-69(63)80-70)72(73)62-42-29-55(52-23-15-10-16-24-52)46-66(62)79(76)60-35-27-53(28-36-60)50-19-11-8-12-20-50/h8-48H,1-7H3. The number of aryl methyl sites for hydroxylation is 1. The van der Waals surface area contributed by atoms with E-state index in [2.05, 4.69) is 312 Å². The maximum atomic E-state index is 7.07. The van der Waals surface area contributed by atoms with Gasteiger partial charge in [-0.2, -0.15) is 0 Å². The molecule has 4 nitrogen and oxygen atoms in total. The van der Waals surface area contributed by atoms with Crippen molar-refractivity contribution >= 4 is 85.2 Å². The van der Waals surface area contributed by atoms with Crippen LogP contribution in [0.25, 0.3) is 66.4 Å². The zero-order valence-electron chi connectivity index (χ0n) is 46.5. The van der Waals surface area contributed by atoms with Crippen molar-refractivity contribution in [1.29, 1.82) is 0 Å². The first-order chi connectivity index (χ1) is 38.9. The fourth-order valence-electron chi connectivity index (χ4n) is 12.5. The van der Waals surface area contributed by atoms with Gasteiger partial charge in [-0.25, -0.2) is 0 Å². The van der Waals surface area contributed by atoms with Crippen LogP contribution in [0.2, 0.25) is 0 Å². The van der Waals surface area contributed by atoms with Crippen molar-refractivity contribution in [2.45, 2.75) is 59.3 Å². The molecule has 0 aliphatic carbocycles. The number of anilines is 8. The molecule has 14 rings (SSSR count). The summed E-state index contributed by atoms with van der Waals surface area (Å²) in [4.78, 5) is 7.62. The summed E-state index contributed by atoms with van der Waals surface area (Å²) < 4.78 is 7.07. The summed E-state index contributed by atoms with van der Waals surface area (Å²) in [5.74, 6) is 0. The average Bonchev–Trinajstić information content (AvgIpc) is 2.13. The van der Waals surface area contributed by atoms with Gasteiger partial charge in [-0.1, -0.05) is 211 Å². The molecule has 0 radical (unpaired) electrons. The molecule has 0 amide bonds. The number of rotatable bonds is 8. The SMILES string of the molecule is Cc1cc(-c2ccccc2)ccc1N1c2cc(N(c3ccc(C(C)(C)C)cc3)c3ccc(C(C)(C)C)cc3)ccc2B2c3c1cc1oc4ccccc4c1c3-c1ccc(-c3ccccc3)cc1N2c1ccc(-c2ccccc2)cc1. The molecule has 0 spiro atoms. The van der Waals surface area contributed by atoms with Crippen LogP contribution in [0.5, 0.6) is 0 Å². The Bertz CT molecular complexity index is 4250. The Morgan fingerprint density at radius 1 is 0.400 bits per heavy atom. The third kappa shape index (κ3) is 8.30. The minimum Gasteiger partial charge on any atom is -0.456 e. The third-order valence-electron chi connectivity index (χ3n) is 16.7. The van der Waals surface area contributed by atoms with Crippen molar-refractivity contribution in [2.75, 3.05) is 14.6 Å². The minimum atomic E-state index is -0.256. The van der Waals surface area contributed by atoms with Gasteiger partial charge in [-0.3, -0.25) is 0 Å². The van der Waals surface area contributed by atoms with Crippen molar-refractivity contribution in [2.24, 2.45) is 0 Å². The minimum absolute atomic E-state index is 0.00365. The Labute approximate surface area is 471 Å². The second-order valence-corrected chi connectivity index (χ2v) is 23.8. The van der Waals surface area contributed by atoms with Gasteiger partial charge < -0.3 is 19.0 Å². The molecule has 12 aromatic rings. The zero-order chi connectivity index (χ0) is 54.4. The summed E-state index contributed by atoms with van der Waals surface area (Å²) in [7, 11) is 0. The Morgan fingerprint density at radius 3 is 1.50 bits per heavy atom. The molecule has 11 aromatic carbocycles. The van der Waals surface area contributed by atoms with Crippen molar-refractivity contribution in [1.82, 2.24) is 0 Å². The van der Waals surface area contributed by atoms with Crippen LogP contribution in [-0.2, 0) is 10.8 Å². The molecule has 0 fully saturated rings. The molecule has 0 bridgehead atoms. The van der Waals surface area contributed by atoms with Crippen LogP contribution >= 0.6 is 0 Å². The topological polar surface area (TPSA) is 22.9 Å². The van der Waals surface area contributed by atoms with Gasteiger partial charge >= 0.3 is 6.85 Å². The Morgan fingerprint density at radius 2 is 0.912 bits per heavy atom. The van der Waals surface area contributed by atoms with Crippen LogP contribution in [0.1, 0.15) is 58.2 Å². The molecule has 80 heavy (non-hydrogen) atoms. The number of hydrogen-bond acceptors (Lipinski definition) is 4. The second kappa shape index (κ2) is 19.0. The number of benzene rings is 11. The summed E-state index contributed by atoms with van der Waals surface area (Å²) in [6.45, 7) is 15.7. The van der Waals surface area contributed by atoms with Gasteiger partial charge in [0.05, 0.1) is 0 Å². The van der Waals surface area contributed by atoms with E-state index in [1.54, 1.807) is 0 Å². The fraction of sp³-hybridized carbons (Fsp3) is 0.120. The molecule has 3 heterocycles. The summed E-state index contributed by atoms with van der Waals surface area (Å²) in [6.07, 6.45) is 0. The van der Waals surface area contributed by atoms with Gasteiger partial charge in [0.1, 0.15) is 11.2 Å². The number of furan rings is 1. The average molecular weight is 1030 g/mol. The van der Waals surface area contributed by atoms with E-state index < -0.39 is 0 Å². The van der Waals surface area contributed by atoms with Crippen LogP contribution < -0.4 is 25.5 Å². The largest absolute Gasteiger partial charge is 0.456 e. The van der Waals surface area contributed by atoms with E-state index in [1.807, 2.05) is 0 Å². The number of fused-ring (bicyclic) bond motifs is 8. The van der Waals surface area contributed by atoms with E-state index in [4.69, 9.17) is 4.42 Å². The number of para-hydroxylation sites is 1. The highest BCUT2D eigenvalue weighted by Gasteiger charge is 2.47. The number of hydrogen-bond donors (Lipinski definition) is 0. The molecule has 2 aliphatic rings. The molecule has 1 aromatic heterocycles. The van der Waals surface area contributed by atoms with Gasteiger partial charge in [0.15, 0.2) is 0 Å². The van der Waals surface area contributed by atoms with E-state index in [0.717, 1.165) is 73.0 Å². The molecule has 386 valence electrons. The van der Waals surface area contributed by atoms with Gasteiger partial charge in [0, 0.05) is 67.9 Å². The van der Waals surface area contributed by atoms with Gasteiger partial charge in [-0.15, -0.1) is 0 Å². The lowest BCUT2D eigenvalue weighted by molar-refractivity contribution is 0.590. The normalized spacial score (nSPS) is 12.9.